The molecule has 0 aromatic heterocycles. The van der Waals surface area contributed by atoms with Crippen molar-refractivity contribution in [2.75, 3.05) is 0 Å². The largest absolute Gasteiger partial charge is 0.478 e. The van der Waals surface area contributed by atoms with Crippen LogP contribution in [0.3, 0.4) is 0 Å². The summed E-state index contributed by atoms with van der Waals surface area (Å²) in [5.74, 6) is -1.09. The van der Waals surface area contributed by atoms with Crippen LogP contribution in [0.15, 0.2) is 65.6 Å². The number of aliphatic carboxylic acids is 1. The van der Waals surface area contributed by atoms with Gasteiger partial charge in [0.05, 0.1) is 4.90 Å². The molecule has 0 aliphatic carbocycles. The minimum Gasteiger partial charge on any atom is -0.478 e. The summed E-state index contributed by atoms with van der Waals surface area (Å²) in [6.07, 6.45) is 2.31. The first kappa shape index (κ1) is 15.9. The second kappa shape index (κ2) is 7.02. The monoisotopic (exact) mass is 317 g/mol. The minimum atomic E-state index is -3.65. The number of carboxylic acid groups (broad SMARTS) is 1. The zero-order valence-electron chi connectivity index (χ0n) is 11.6. The predicted molar refractivity (Wildman–Crippen MR) is 83.6 cm³/mol. The fraction of sp³-hybridized carbons (Fsp3) is 0.0625. The number of nitrogens with one attached hydrogen (secondary N) is 1. The molecule has 0 saturated carbocycles. The first-order chi connectivity index (χ1) is 10.5. The van der Waals surface area contributed by atoms with Gasteiger partial charge in [0.25, 0.3) is 0 Å². The van der Waals surface area contributed by atoms with Gasteiger partial charge in [-0.05, 0) is 29.3 Å². The van der Waals surface area contributed by atoms with Crippen LogP contribution in [0.4, 0.5) is 0 Å². The van der Waals surface area contributed by atoms with E-state index in [1.807, 2.05) is 30.3 Å². The van der Waals surface area contributed by atoms with Crippen molar-refractivity contribution >= 4 is 22.1 Å². The minimum absolute atomic E-state index is 0.0935. The van der Waals surface area contributed by atoms with Crippen molar-refractivity contribution in [3.63, 3.8) is 0 Å². The summed E-state index contributed by atoms with van der Waals surface area (Å²) >= 11 is 0. The standard InChI is InChI=1S/C16H15NO4S/c18-16(19)10-9-13-7-4-8-15(11-13)22(20,21)17-12-14-5-2-1-3-6-14/h1-11,17H,12H2,(H,18,19)/b10-9+. The molecule has 0 fully saturated rings. The van der Waals surface area contributed by atoms with Gasteiger partial charge in [-0.1, -0.05) is 42.5 Å². The summed E-state index contributed by atoms with van der Waals surface area (Å²) in [6.45, 7) is 0.193. The topological polar surface area (TPSA) is 83.5 Å². The number of carboxylic acids is 1. The van der Waals surface area contributed by atoms with Crippen molar-refractivity contribution in [2.45, 2.75) is 11.4 Å². The summed E-state index contributed by atoms with van der Waals surface area (Å²) in [5, 5.41) is 8.60. The molecular formula is C16H15NO4S. The van der Waals surface area contributed by atoms with Crippen LogP contribution in [-0.4, -0.2) is 19.5 Å². The van der Waals surface area contributed by atoms with E-state index >= 15 is 0 Å². The van der Waals surface area contributed by atoms with E-state index < -0.39 is 16.0 Å². The summed E-state index contributed by atoms with van der Waals surface area (Å²) < 4.78 is 27.0. The van der Waals surface area contributed by atoms with Crippen LogP contribution in [0.2, 0.25) is 0 Å². The Morgan fingerprint density at radius 1 is 1.09 bits per heavy atom. The van der Waals surface area contributed by atoms with Gasteiger partial charge < -0.3 is 5.11 Å². The van der Waals surface area contributed by atoms with Gasteiger partial charge in [0.2, 0.25) is 10.0 Å². The van der Waals surface area contributed by atoms with E-state index in [4.69, 9.17) is 5.11 Å². The predicted octanol–water partition coefficient (Wildman–Crippen LogP) is 2.26. The molecule has 2 N–H and O–H groups in total. The van der Waals surface area contributed by atoms with Gasteiger partial charge in [0.15, 0.2) is 0 Å². The zero-order chi connectivity index (χ0) is 16.0. The molecule has 0 heterocycles. The summed E-state index contributed by atoms with van der Waals surface area (Å²) in [6, 6.07) is 15.3. The van der Waals surface area contributed by atoms with Crippen LogP contribution >= 0.6 is 0 Å². The SMILES string of the molecule is O=C(O)/C=C/c1cccc(S(=O)(=O)NCc2ccccc2)c1. The van der Waals surface area contributed by atoms with E-state index in [1.165, 1.54) is 18.2 Å². The molecule has 2 aromatic rings. The lowest BCUT2D eigenvalue weighted by Gasteiger charge is -2.07. The molecule has 5 nitrogen and oxygen atoms in total. The lowest BCUT2D eigenvalue weighted by Crippen LogP contribution is -2.23. The Morgan fingerprint density at radius 3 is 2.50 bits per heavy atom. The van der Waals surface area contributed by atoms with Crippen LogP contribution in [0.5, 0.6) is 0 Å². The average molecular weight is 317 g/mol. The number of sulfonamides is 1. The third-order valence-corrected chi connectivity index (χ3v) is 4.29. The number of hydrogen-bond acceptors (Lipinski definition) is 3. The van der Waals surface area contributed by atoms with Gasteiger partial charge in [-0.25, -0.2) is 17.9 Å². The lowest BCUT2D eigenvalue weighted by molar-refractivity contribution is -0.131. The van der Waals surface area contributed by atoms with Gasteiger partial charge in [-0.3, -0.25) is 0 Å². The molecule has 2 rings (SSSR count). The van der Waals surface area contributed by atoms with Gasteiger partial charge >= 0.3 is 5.97 Å². The Morgan fingerprint density at radius 2 is 1.82 bits per heavy atom. The van der Waals surface area contributed by atoms with E-state index in [2.05, 4.69) is 4.72 Å². The van der Waals surface area contributed by atoms with Gasteiger partial charge in [0, 0.05) is 12.6 Å². The summed E-state index contributed by atoms with van der Waals surface area (Å²) in [7, 11) is -3.65. The molecule has 0 spiro atoms. The van der Waals surface area contributed by atoms with Crippen molar-refractivity contribution < 1.29 is 18.3 Å². The zero-order valence-corrected chi connectivity index (χ0v) is 12.5. The van der Waals surface area contributed by atoms with Crippen molar-refractivity contribution in [3.05, 3.63) is 71.8 Å². The highest BCUT2D eigenvalue weighted by Gasteiger charge is 2.13. The molecule has 22 heavy (non-hydrogen) atoms. The third kappa shape index (κ3) is 4.54. The molecular weight excluding hydrogens is 302 g/mol. The molecule has 0 saturated heterocycles. The highest BCUT2D eigenvalue weighted by atomic mass is 32.2. The molecule has 0 amide bonds. The van der Waals surface area contributed by atoms with Gasteiger partial charge in [-0.15, -0.1) is 0 Å². The van der Waals surface area contributed by atoms with E-state index in [0.717, 1.165) is 11.6 Å². The fourth-order valence-corrected chi connectivity index (χ4v) is 2.88. The number of benzene rings is 2. The fourth-order valence-electron chi connectivity index (χ4n) is 1.81. The van der Waals surface area contributed by atoms with Crippen LogP contribution in [0.25, 0.3) is 6.08 Å². The first-order valence-electron chi connectivity index (χ1n) is 6.52. The number of carbonyl (C=O) groups is 1. The molecule has 0 radical (unpaired) electrons. The quantitative estimate of drug-likeness (QED) is 0.801. The Balaban J connectivity index is 2.15. The van der Waals surface area contributed by atoms with Crippen LogP contribution in [0.1, 0.15) is 11.1 Å². The number of hydrogen-bond donors (Lipinski definition) is 2. The maximum atomic E-state index is 12.2. The van der Waals surface area contributed by atoms with Gasteiger partial charge in [0.1, 0.15) is 0 Å². The third-order valence-electron chi connectivity index (χ3n) is 2.90. The molecule has 0 atom stereocenters. The number of rotatable bonds is 6. The lowest BCUT2D eigenvalue weighted by atomic mass is 10.2. The highest BCUT2D eigenvalue weighted by Crippen LogP contribution is 2.13. The Hall–Kier alpha value is -2.44. The van der Waals surface area contributed by atoms with E-state index in [9.17, 15) is 13.2 Å². The van der Waals surface area contributed by atoms with Crippen molar-refractivity contribution in [2.24, 2.45) is 0 Å². The summed E-state index contributed by atoms with van der Waals surface area (Å²) in [5.41, 5.74) is 1.36. The normalized spacial score (nSPS) is 11.6. The Labute approximate surface area is 129 Å². The molecule has 2 aromatic carbocycles. The maximum Gasteiger partial charge on any atom is 0.328 e. The molecule has 6 heteroatoms. The average Bonchev–Trinajstić information content (AvgIpc) is 2.52. The van der Waals surface area contributed by atoms with E-state index in [1.54, 1.807) is 12.1 Å². The second-order valence-electron chi connectivity index (χ2n) is 4.55. The van der Waals surface area contributed by atoms with Crippen LogP contribution in [0, 0.1) is 0 Å². The Kier molecular flexibility index (Phi) is 5.08. The van der Waals surface area contributed by atoms with Crippen LogP contribution in [-0.2, 0) is 21.4 Å². The molecule has 0 aliphatic heterocycles. The maximum absolute atomic E-state index is 12.2. The highest BCUT2D eigenvalue weighted by molar-refractivity contribution is 7.89. The van der Waals surface area contributed by atoms with E-state index in [0.29, 0.717) is 5.56 Å². The van der Waals surface area contributed by atoms with Gasteiger partial charge in [-0.2, -0.15) is 0 Å². The van der Waals surface area contributed by atoms with E-state index in [-0.39, 0.29) is 11.4 Å². The van der Waals surface area contributed by atoms with Crippen molar-refractivity contribution in [3.8, 4) is 0 Å². The molecule has 114 valence electrons. The van der Waals surface area contributed by atoms with Crippen molar-refractivity contribution in [1.29, 1.82) is 0 Å². The smallest absolute Gasteiger partial charge is 0.328 e. The van der Waals surface area contributed by atoms with Crippen LogP contribution < -0.4 is 4.72 Å². The summed E-state index contributed by atoms with van der Waals surface area (Å²) in [4.78, 5) is 10.6. The molecule has 0 unspecified atom stereocenters. The molecule has 0 bridgehead atoms. The molecule has 0 aliphatic rings. The Bertz CT molecular complexity index is 783. The first-order valence-corrected chi connectivity index (χ1v) is 8.00. The van der Waals surface area contributed by atoms with Crippen molar-refractivity contribution in [1.82, 2.24) is 4.72 Å². The second-order valence-corrected chi connectivity index (χ2v) is 6.32.